The zero-order chi connectivity index (χ0) is 13.7. The van der Waals surface area contributed by atoms with Crippen LogP contribution in [-0.4, -0.2) is 35.2 Å². The van der Waals surface area contributed by atoms with Crippen molar-refractivity contribution in [3.8, 4) is 0 Å². The van der Waals surface area contributed by atoms with Gasteiger partial charge < -0.3 is 14.8 Å². The number of anilines is 1. The molecule has 0 radical (unpaired) electrons. The average molecular weight is 264 g/mol. The van der Waals surface area contributed by atoms with Gasteiger partial charge in [-0.1, -0.05) is 6.92 Å². The van der Waals surface area contributed by atoms with Gasteiger partial charge in [-0.05, 0) is 32.7 Å². The van der Waals surface area contributed by atoms with Gasteiger partial charge in [0.1, 0.15) is 0 Å². The van der Waals surface area contributed by atoms with Crippen LogP contribution in [0.15, 0.2) is 17.2 Å². The van der Waals surface area contributed by atoms with E-state index in [-0.39, 0.29) is 5.56 Å². The largest absolute Gasteiger partial charge is 0.348 e. The summed E-state index contributed by atoms with van der Waals surface area (Å²) in [5, 5.41) is 3.45. The molecular weight excluding hydrogens is 240 g/mol. The van der Waals surface area contributed by atoms with E-state index in [2.05, 4.69) is 22.1 Å². The molecule has 1 unspecified atom stereocenters. The van der Waals surface area contributed by atoms with E-state index in [1.807, 2.05) is 6.92 Å². The molecule has 1 saturated heterocycles. The normalized spacial score (nSPS) is 19.1. The van der Waals surface area contributed by atoms with Gasteiger partial charge in [0.2, 0.25) is 0 Å². The van der Waals surface area contributed by atoms with Gasteiger partial charge in [-0.25, -0.2) is 4.98 Å². The smallest absolute Gasteiger partial charge is 0.293 e. The SMILES string of the molecule is CCCNCC1CCCN1c1nccn(CC)c1=O. The first kappa shape index (κ1) is 14.1. The van der Waals surface area contributed by atoms with E-state index in [0.29, 0.717) is 18.4 Å². The van der Waals surface area contributed by atoms with Crippen molar-refractivity contribution in [2.75, 3.05) is 24.5 Å². The van der Waals surface area contributed by atoms with E-state index in [4.69, 9.17) is 0 Å². The van der Waals surface area contributed by atoms with Gasteiger partial charge in [-0.15, -0.1) is 0 Å². The van der Waals surface area contributed by atoms with E-state index < -0.39 is 0 Å². The Morgan fingerprint density at radius 2 is 2.32 bits per heavy atom. The molecule has 1 aliphatic heterocycles. The van der Waals surface area contributed by atoms with Gasteiger partial charge >= 0.3 is 0 Å². The van der Waals surface area contributed by atoms with Gasteiger partial charge in [0, 0.05) is 38.1 Å². The van der Waals surface area contributed by atoms with E-state index >= 15 is 0 Å². The first-order valence-corrected chi connectivity index (χ1v) is 7.30. The van der Waals surface area contributed by atoms with Gasteiger partial charge in [0.15, 0.2) is 5.82 Å². The van der Waals surface area contributed by atoms with Crippen LogP contribution in [0.4, 0.5) is 5.82 Å². The molecule has 0 aromatic carbocycles. The Balaban J connectivity index is 2.13. The molecule has 0 saturated carbocycles. The Hall–Kier alpha value is -1.36. The molecule has 5 nitrogen and oxygen atoms in total. The Morgan fingerprint density at radius 3 is 3.05 bits per heavy atom. The predicted octanol–water partition coefficient (Wildman–Crippen LogP) is 1.23. The maximum absolute atomic E-state index is 12.3. The Morgan fingerprint density at radius 1 is 1.47 bits per heavy atom. The predicted molar refractivity (Wildman–Crippen MR) is 77.7 cm³/mol. The summed E-state index contributed by atoms with van der Waals surface area (Å²) in [5.41, 5.74) is 0.0346. The highest BCUT2D eigenvalue weighted by Gasteiger charge is 2.27. The highest BCUT2D eigenvalue weighted by atomic mass is 16.1. The summed E-state index contributed by atoms with van der Waals surface area (Å²) in [7, 11) is 0. The summed E-state index contributed by atoms with van der Waals surface area (Å²) >= 11 is 0. The molecule has 0 aliphatic carbocycles. The molecule has 2 rings (SSSR count). The lowest BCUT2D eigenvalue weighted by molar-refractivity contribution is 0.564. The second-order valence-electron chi connectivity index (χ2n) is 5.04. The van der Waals surface area contributed by atoms with Crippen molar-refractivity contribution in [3.63, 3.8) is 0 Å². The topological polar surface area (TPSA) is 50.2 Å². The van der Waals surface area contributed by atoms with Gasteiger partial charge in [0.05, 0.1) is 0 Å². The van der Waals surface area contributed by atoms with Crippen LogP contribution in [0.1, 0.15) is 33.1 Å². The maximum atomic E-state index is 12.3. The molecule has 1 atom stereocenters. The van der Waals surface area contributed by atoms with Gasteiger partial charge in [-0.3, -0.25) is 4.79 Å². The van der Waals surface area contributed by atoms with E-state index in [0.717, 1.165) is 38.9 Å². The van der Waals surface area contributed by atoms with Crippen LogP contribution in [0.5, 0.6) is 0 Å². The lowest BCUT2D eigenvalue weighted by Crippen LogP contribution is -2.42. The fraction of sp³-hybridized carbons (Fsp3) is 0.714. The highest BCUT2D eigenvalue weighted by molar-refractivity contribution is 5.38. The fourth-order valence-electron chi connectivity index (χ4n) is 2.65. The third-order valence-corrected chi connectivity index (χ3v) is 3.69. The summed E-state index contributed by atoms with van der Waals surface area (Å²) in [6.07, 6.45) is 6.90. The highest BCUT2D eigenvalue weighted by Crippen LogP contribution is 2.20. The monoisotopic (exact) mass is 264 g/mol. The fourth-order valence-corrected chi connectivity index (χ4v) is 2.65. The molecule has 106 valence electrons. The summed E-state index contributed by atoms with van der Waals surface area (Å²) in [5.74, 6) is 0.616. The Kier molecular flexibility index (Phi) is 4.96. The third kappa shape index (κ3) is 3.15. The van der Waals surface area contributed by atoms with Crippen molar-refractivity contribution in [2.45, 2.75) is 45.7 Å². The van der Waals surface area contributed by atoms with E-state index in [9.17, 15) is 4.79 Å². The molecule has 1 N–H and O–H groups in total. The number of nitrogens with one attached hydrogen (secondary N) is 1. The van der Waals surface area contributed by atoms with Gasteiger partial charge in [-0.2, -0.15) is 0 Å². The van der Waals surface area contributed by atoms with Crippen molar-refractivity contribution >= 4 is 5.82 Å². The molecule has 2 heterocycles. The van der Waals surface area contributed by atoms with Crippen molar-refractivity contribution in [1.82, 2.24) is 14.9 Å². The summed E-state index contributed by atoms with van der Waals surface area (Å²) in [6.45, 7) is 7.75. The number of hydrogen-bond acceptors (Lipinski definition) is 4. The standard InChI is InChI=1S/C14H24N4O/c1-3-7-15-11-12-6-5-9-18(12)13-14(19)17(4-2)10-8-16-13/h8,10,12,15H,3-7,9,11H2,1-2H3. The van der Waals surface area contributed by atoms with E-state index in [1.165, 1.54) is 0 Å². The lowest BCUT2D eigenvalue weighted by atomic mass is 10.2. The minimum absolute atomic E-state index is 0.0346. The number of rotatable bonds is 6. The summed E-state index contributed by atoms with van der Waals surface area (Å²) in [4.78, 5) is 18.8. The summed E-state index contributed by atoms with van der Waals surface area (Å²) in [6, 6.07) is 0.402. The van der Waals surface area contributed by atoms with Crippen LogP contribution in [-0.2, 0) is 6.54 Å². The Labute approximate surface area is 114 Å². The zero-order valence-corrected chi connectivity index (χ0v) is 11.9. The van der Waals surface area contributed by atoms with Crippen LogP contribution in [0.25, 0.3) is 0 Å². The van der Waals surface area contributed by atoms with Crippen LogP contribution in [0.3, 0.4) is 0 Å². The van der Waals surface area contributed by atoms with Crippen LogP contribution in [0, 0.1) is 0 Å². The molecule has 5 heteroatoms. The minimum Gasteiger partial charge on any atom is -0.348 e. The second kappa shape index (κ2) is 6.70. The van der Waals surface area contributed by atoms with Crippen molar-refractivity contribution in [2.24, 2.45) is 0 Å². The first-order valence-electron chi connectivity index (χ1n) is 7.30. The molecular formula is C14H24N4O. The lowest BCUT2D eigenvalue weighted by Gasteiger charge is -2.25. The first-order chi connectivity index (χ1) is 9.27. The maximum Gasteiger partial charge on any atom is 0.293 e. The molecule has 1 fully saturated rings. The van der Waals surface area contributed by atoms with E-state index in [1.54, 1.807) is 17.0 Å². The molecule has 1 aromatic rings. The zero-order valence-electron chi connectivity index (χ0n) is 11.9. The quantitative estimate of drug-likeness (QED) is 0.785. The number of nitrogens with zero attached hydrogens (tertiary/aromatic N) is 3. The van der Waals surface area contributed by atoms with Crippen molar-refractivity contribution < 1.29 is 0 Å². The number of hydrogen-bond donors (Lipinski definition) is 1. The average Bonchev–Trinajstić information content (AvgIpc) is 2.88. The summed E-state index contributed by atoms with van der Waals surface area (Å²) < 4.78 is 1.72. The molecule has 0 amide bonds. The second-order valence-corrected chi connectivity index (χ2v) is 5.04. The molecule has 1 aromatic heterocycles. The Bertz CT molecular complexity index is 457. The number of aromatic nitrogens is 2. The molecule has 0 spiro atoms. The number of aryl methyl sites for hydroxylation is 1. The minimum atomic E-state index is 0.0346. The van der Waals surface area contributed by atoms with Crippen LogP contribution >= 0.6 is 0 Å². The van der Waals surface area contributed by atoms with Crippen molar-refractivity contribution in [3.05, 3.63) is 22.7 Å². The molecule has 19 heavy (non-hydrogen) atoms. The third-order valence-electron chi connectivity index (χ3n) is 3.69. The molecule has 1 aliphatic rings. The van der Waals surface area contributed by atoms with Crippen LogP contribution < -0.4 is 15.8 Å². The molecule has 0 bridgehead atoms. The van der Waals surface area contributed by atoms with Crippen LogP contribution in [0.2, 0.25) is 0 Å². The van der Waals surface area contributed by atoms with Gasteiger partial charge in [0.25, 0.3) is 5.56 Å². The van der Waals surface area contributed by atoms with Crippen molar-refractivity contribution in [1.29, 1.82) is 0 Å².